The highest BCUT2D eigenvalue weighted by atomic mass is 35.5. The normalized spacial score (nSPS) is 40.0. The summed E-state index contributed by atoms with van der Waals surface area (Å²) in [6, 6.07) is 11.9. The lowest BCUT2D eigenvalue weighted by atomic mass is 9.33. The summed E-state index contributed by atoms with van der Waals surface area (Å²) in [5, 5.41) is 10.00. The molecular formula is C41H52ClNO4. The molecular weight excluding hydrogens is 606 g/mol. The van der Waals surface area contributed by atoms with Crippen LogP contribution >= 0.6 is 11.6 Å². The molecule has 1 heterocycles. The minimum Gasteiger partial charge on any atom is -0.478 e. The molecule has 9 atom stereocenters. The lowest BCUT2D eigenvalue weighted by Gasteiger charge is -2.71. The highest BCUT2D eigenvalue weighted by Gasteiger charge is 2.69. The van der Waals surface area contributed by atoms with Gasteiger partial charge in [-0.05, 0) is 114 Å². The molecule has 7 rings (SSSR count). The number of hydrogen-bond donors (Lipinski definition) is 1. The zero-order chi connectivity index (χ0) is 33.7. The second-order valence-corrected chi connectivity index (χ2v) is 17.8. The molecule has 0 bridgehead atoms. The second-order valence-electron chi connectivity index (χ2n) is 17.4. The van der Waals surface area contributed by atoms with Gasteiger partial charge in [0.25, 0.3) is 0 Å². The summed E-state index contributed by atoms with van der Waals surface area (Å²) in [6.45, 7) is 17.3. The minimum absolute atomic E-state index is 0.00188. The topological polar surface area (TPSA) is 76.5 Å². The van der Waals surface area contributed by atoms with E-state index in [-0.39, 0.29) is 44.3 Å². The molecule has 0 saturated heterocycles. The quantitative estimate of drug-likeness (QED) is 0.201. The van der Waals surface area contributed by atoms with Gasteiger partial charge in [-0.15, -0.1) is 0 Å². The van der Waals surface area contributed by atoms with Crippen molar-refractivity contribution in [2.45, 2.75) is 112 Å². The Morgan fingerprint density at radius 2 is 1.70 bits per heavy atom. The maximum Gasteiger partial charge on any atom is 0.338 e. The summed E-state index contributed by atoms with van der Waals surface area (Å²) in [4.78, 5) is 31.2. The van der Waals surface area contributed by atoms with Gasteiger partial charge in [-0.1, -0.05) is 102 Å². The van der Waals surface area contributed by atoms with Crippen LogP contribution in [0.1, 0.15) is 121 Å². The lowest BCUT2D eigenvalue weighted by molar-refractivity contribution is -0.184. The number of allylic oxidation sites excluding steroid dienone is 2. The summed E-state index contributed by atoms with van der Waals surface area (Å²) in [6.07, 6.45) is 10.4. The van der Waals surface area contributed by atoms with Gasteiger partial charge >= 0.3 is 11.9 Å². The van der Waals surface area contributed by atoms with Crippen LogP contribution in [-0.2, 0) is 28.0 Å². The Morgan fingerprint density at radius 1 is 0.979 bits per heavy atom. The number of aromatic carboxylic acids is 1. The van der Waals surface area contributed by atoms with Gasteiger partial charge in [0.2, 0.25) is 0 Å². The van der Waals surface area contributed by atoms with Crippen LogP contribution < -0.4 is 0 Å². The van der Waals surface area contributed by atoms with Crippen molar-refractivity contribution >= 4 is 23.5 Å². The first-order valence-corrected chi connectivity index (χ1v) is 18.3. The molecule has 252 valence electrons. The Balaban J connectivity index is 1.28. The monoisotopic (exact) mass is 657 g/mol. The third-order valence-electron chi connectivity index (χ3n) is 15.2. The summed E-state index contributed by atoms with van der Waals surface area (Å²) < 4.78 is 6.21. The molecule has 0 amide bonds. The van der Waals surface area contributed by atoms with Crippen LogP contribution in [0.3, 0.4) is 0 Å². The number of fused-ring (bicyclic) bond motifs is 8. The Morgan fingerprint density at radius 3 is 2.40 bits per heavy atom. The van der Waals surface area contributed by atoms with Crippen molar-refractivity contribution in [2.24, 2.45) is 51.2 Å². The molecule has 0 spiro atoms. The maximum atomic E-state index is 14.3. The third kappa shape index (κ3) is 4.50. The number of esters is 1. The van der Waals surface area contributed by atoms with Gasteiger partial charge in [0.05, 0.1) is 16.7 Å². The number of nitrogens with zero attached hydrogens (tertiary/aromatic N) is 1. The minimum atomic E-state index is -1.02. The highest BCUT2D eigenvalue weighted by molar-refractivity contribution is 6.32. The predicted molar refractivity (Wildman–Crippen MR) is 185 cm³/mol. The number of ether oxygens (including phenoxy) is 1. The molecule has 5 aliphatic carbocycles. The molecule has 3 saturated carbocycles. The first kappa shape index (κ1) is 32.9. The number of carboxylic acids is 1. The number of benzene rings is 1. The van der Waals surface area contributed by atoms with Gasteiger partial charge in [0.1, 0.15) is 11.8 Å². The Labute approximate surface area is 285 Å². The zero-order valence-corrected chi connectivity index (χ0v) is 30.0. The Bertz CT molecular complexity index is 1650. The van der Waals surface area contributed by atoms with E-state index in [0.717, 1.165) is 68.2 Å². The van der Waals surface area contributed by atoms with Crippen molar-refractivity contribution in [1.29, 1.82) is 0 Å². The van der Waals surface area contributed by atoms with Crippen molar-refractivity contribution in [3.63, 3.8) is 0 Å². The van der Waals surface area contributed by atoms with Crippen molar-refractivity contribution < 1.29 is 19.4 Å². The number of halogens is 1. The van der Waals surface area contributed by atoms with E-state index < -0.39 is 11.4 Å². The number of pyridine rings is 1. The van der Waals surface area contributed by atoms with Crippen LogP contribution in [0.4, 0.5) is 0 Å². The SMILES string of the molecule is C[C@H]1[C@H](C)CC[C@]2(C(=O)OCc3ccccc3)CC[C@]3(C)C(=CC[C@@H]4[C@@]5(C)Cc6cc(C(=O)O)c(Cl)nc6C(C)(C)[C@@H]5CC[C@]43C)[C@H]12. The van der Waals surface area contributed by atoms with Crippen LogP contribution in [0.5, 0.6) is 0 Å². The van der Waals surface area contributed by atoms with Gasteiger partial charge < -0.3 is 9.84 Å². The molecule has 5 aliphatic rings. The van der Waals surface area contributed by atoms with E-state index in [1.54, 1.807) is 0 Å². The fourth-order valence-electron chi connectivity index (χ4n) is 12.5. The third-order valence-corrected chi connectivity index (χ3v) is 15.5. The van der Waals surface area contributed by atoms with Gasteiger partial charge in [0.15, 0.2) is 0 Å². The number of carbonyl (C=O) groups is 2. The molecule has 3 fully saturated rings. The van der Waals surface area contributed by atoms with Crippen molar-refractivity contribution in [1.82, 2.24) is 4.98 Å². The maximum absolute atomic E-state index is 14.3. The van der Waals surface area contributed by atoms with E-state index in [9.17, 15) is 14.7 Å². The fourth-order valence-corrected chi connectivity index (χ4v) is 12.7. The summed E-state index contributed by atoms with van der Waals surface area (Å²) in [5.41, 5.74) is 3.95. The van der Waals surface area contributed by atoms with Crippen molar-refractivity contribution in [3.05, 3.63) is 75.6 Å². The van der Waals surface area contributed by atoms with Crippen molar-refractivity contribution in [3.8, 4) is 0 Å². The largest absolute Gasteiger partial charge is 0.478 e. The van der Waals surface area contributed by atoms with Crippen LogP contribution in [0.25, 0.3) is 0 Å². The van der Waals surface area contributed by atoms with E-state index in [0.29, 0.717) is 30.3 Å². The standard InChI is InChI=1S/C41H52ClNO4/c1-24-15-18-41(36(46)47-23-26-11-9-8-10-12-26)20-19-39(6)29(32(41)25(24)2)13-14-31-38(5)22-27-21-28(35(44)45)34(42)43-33(27)37(3,4)30(38)16-17-40(31,39)7/h8-13,21,24-25,30-32H,14-20,22-23H2,1-7H3,(H,44,45)/t24-,25+,30+,31-,32+,38+,39-,40-,41+/m1/s1. The number of carbonyl (C=O) groups excluding carboxylic acids is 1. The average molecular weight is 658 g/mol. The first-order chi connectivity index (χ1) is 22.1. The lowest BCUT2D eigenvalue weighted by Crippen LogP contribution is -2.65. The van der Waals surface area contributed by atoms with E-state index >= 15 is 0 Å². The summed E-state index contributed by atoms with van der Waals surface area (Å²) in [7, 11) is 0. The van der Waals surface area contributed by atoms with Crippen LogP contribution in [0, 0.1) is 51.2 Å². The molecule has 1 aromatic heterocycles. The number of aromatic nitrogens is 1. The molecule has 0 unspecified atom stereocenters. The van der Waals surface area contributed by atoms with E-state index in [1.165, 1.54) is 5.57 Å². The predicted octanol–water partition coefficient (Wildman–Crippen LogP) is 9.85. The van der Waals surface area contributed by atoms with Gasteiger partial charge in [-0.2, -0.15) is 0 Å². The van der Waals surface area contributed by atoms with Gasteiger partial charge in [0, 0.05) is 5.41 Å². The molecule has 1 N–H and O–H groups in total. The fraction of sp³-hybridized carbons (Fsp3) is 0.634. The Kier molecular flexibility index (Phi) is 7.64. The van der Waals surface area contributed by atoms with Crippen LogP contribution in [0.2, 0.25) is 5.15 Å². The smallest absolute Gasteiger partial charge is 0.338 e. The summed E-state index contributed by atoms with van der Waals surface area (Å²) in [5.74, 6) is 0.944. The average Bonchev–Trinajstić information content (AvgIpc) is 3.02. The molecule has 1 aromatic carbocycles. The molecule has 47 heavy (non-hydrogen) atoms. The molecule has 6 heteroatoms. The number of hydrogen-bond acceptors (Lipinski definition) is 4. The zero-order valence-electron chi connectivity index (χ0n) is 29.3. The highest BCUT2D eigenvalue weighted by Crippen LogP contribution is 2.75. The van der Waals surface area contributed by atoms with E-state index in [1.807, 2.05) is 36.4 Å². The van der Waals surface area contributed by atoms with E-state index in [2.05, 4.69) is 54.5 Å². The van der Waals surface area contributed by atoms with Crippen molar-refractivity contribution in [2.75, 3.05) is 0 Å². The summed E-state index contributed by atoms with van der Waals surface area (Å²) >= 11 is 6.45. The van der Waals surface area contributed by atoms with Gasteiger partial charge in [-0.3, -0.25) is 4.79 Å². The molecule has 2 aromatic rings. The van der Waals surface area contributed by atoms with E-state index in [4.69, 9.17) is 21.3 Å². The Hall–Kier alpha value is -2.66. The molecule has 5 nitrogen and oxygen atoms in total. The second kappa shape index (κ2) is 10.9. The molecule has 0 radical (unpaired) electrons. The first-order valence-electron chi connectivity index (χ1n) is 17.9. The van der Waals surface area contributed by atoms with Gasteiger partial charge in [-0.25, -0.2) is 9.78 Å². The van der Waals surface area contributed by atoms with Crippen LogP contribution in [-0.4, -0.2) is 22.0 Å². The number of rotatable bonds is 4. The number of carboxylic acid groups (broad SMARTS) is 1. The molecule has 0 aliphatic heterocycles. The van der Waals surface area contributed by atoms with Crippen LogP contribution in [0.15, 0.2) is 48.0 Å².